The number of azo groups is 1. The molecule has 0 aliphatic rings. The van der Waals surface area contributed by atoms with Crippen LogP contribution in [0.1, 0.15) is 31.1 Å². The first-order chi connectivity index (χ1) is 11.6. The Hall–Kier alpha value is -2.87. The van der Waals surface area contributed by atoms with Crippen LogP contribution in [0.4, 0.5) is 4.79 Å². The van der Waals surface area contributed by atoms with Gasteiger partial charge in [0.25, 0.3) is 5.91 Å². The van der Waals surface area contributed by atoms with Crippen LogP contribution in [0.5, 0.6) is 11.8 Å². The number of hydrogen-bond acceptors (Lipinski definition) is 5. The third-order valence-corrected chi connectivity index (χ3v) is 3.21. The van der Waals surface area contributed by atoms with Crippen molar-refractivity contribution in [3.8, 4) is 17.4 Å². The van der Waals surface area contributed by atoms with Crippen LogP contribution < -0.4 is 0 Å². The van der Waals surface area contributed by atoms with Gasteiger partial charge in [0.05, 0.1) is 16.3 Å². The van der Waals surface area contributed by atoms with Crippen LogP contribution in [0, 0.1) is 0 Å². The summed E-state index contributed by atoms with van der Waals surface area (Å²) in [6.07, 6.45) is -0.990. The van der Waals surface area contributed by atoms with E-state index in [4.69, 9.17) is 16.3 Å². The molecule has 1 aromatic carbocycles. The lowest BCUT2D eigenvalue weighted by atomic mass is 10.2. The van der Waals surface area contributed by atoms with Crippen molar-refractivity contribution < 1.29 is 24.5 Å². The van der Waals surface area contributed by atoms with Crippen LogP contribution >= 0.6 is 11.6 Å². The fraction of sp³-hybridized carbons (Fsp3) is 0.250. The fourth-order valence-corrected chi connectivity index (χ4v) is 2.17. The molecule has 2 rings (SSSR count). The maximum atomic E-state index is 12.0. The van der Waals surface area contributed by atoms with Gasteiger partial charge in [0.2, 0.25) is 0 Å². The standard InChI is InChI=1S/C16H16ClN3O5/c1-16(2,3)25-15(24)19-18-14(23)10-5-4-9(8-11(10)17)20-12(21)6-7-13(20)22/h4-8,21-22H,1-3H3. The van der Waals surface area contributed by atoms with Gasteiger partial charge in [0, 0.05) is 12.1 Å². The highest BCUT2D eigenvalue weighted by Crippen LogP contribution is 2.29. The van der Waals surface area contributed by atoms with Gasteiger partial charge >= 0.3 is 6.09 Å². The summed E-state index contributed by atoms with van der Waals surface area (Å²) >= 11 is 6.05. The summed E-state index contributed by atoms with van der Waals surface area (Å²) in [5.41, 5.74) is -0.409. The number of benzene rings is 1. The molecule has 0 unspecified atom stereocenters. The average Bonchev–Trinajstić information content (AvgIpc) is 2.82. The molecule has 8 nitrogen and oxygen atoms in total. The normalized spacial score (nSPS) is 11.7. The topological polar surface area (TPSA) is 113 Å². The second-order valence-electron chi connectivity index (χ2n) is 6.03. The lowest BCUT2D eigenvalue weighted by molar-refractivity contribution is 0.0584. The molecular formula is C16H16ClN3O5. The van der Waals surface area contributed by atoms with Crippen molar-refractivity contribution in [3.05, 3.63) is 40.9 Å². The van der Waals surface area contributed by atoms with Crippen molar-refractivity contribution in [3.63, 3.8) is 0 Å². The molecule has 25 heavy (non-hydrogen) atoms. The molecule has 9 heteroatoms. The van der Waals surface area contributed by atoms with Crippen molar-refractivity contribution in [2.45, 2.75) is 26.4 Å². The number of carbonyl (C=O) groups excluding carboxylic acids is 2. The minimum atomic E-state index is -0.990. The number of aromatic nitrogens is 1. The Morgan fingerprint density at radius 1 is 1.08 bits per heavy atom. The summed E-state index contributed by atoms with van der Waals surface area (Å²) in [7, 11) is 0. The quantitative estimate of drug-likeness (QED) is 0.778. The van der Waals surface area contributed by atoms with Gasteiger partial charge in [0.1, 0.15) is 5.60 Å². The van der Waals surface area contributed by atoms with E-state index in [9.17, 15) is 19.8 Å². The van der Waals surface area contributed by atoms with Crippen molar-refractivity contribution in [1.82, 2.24) is 4.57 Å². The zero-order valence-corrected chi connectivity index (χ0v) is 14.5. The SMILES string of the molecule is CC(C)(C)OC(=O)N=NC(=O)c1ccc(-n2c(O)ccc2O)cc1Cl. The Bertz CT molecular complexity index is 832. The molecule has 0 saturated heterocycles. The van der Waals surface area contributed by atoms with Crippen molar-refractivity contribution >= 4 is 23.6 Å². The fourth-order valence-electron chi connectivity index (χ4n) is 1.92. The molecule has 2 N–H and O–H groups in total. The Morgan fingerprint density at radius 3 is 2.20 bits per heavy atom. The number of carbonyl (C=O) groups is 2. The molecule has 1 aromatic heterocycles. The van der Waals surface area contributed by atoms with E-state index in [0.29, 0.717) is 5.69 Å². The summed E-state index contributed by atoms with van der Waals surface area (Å²) in [4.78, 5) is 23.4. The molecule has 1 heterocycles. The second kappa shape index (κ2) is 6.94. The van der Waals surface area contributed by atoms with Gasteiger partial charge in [-0.2, -0.15) is 0 Å². The van der Waals surface area contributed by atoms with Gasteiger partial charge in [-0.1, -0.05) is 21.8 Å². The van der Waals surface area contributed by atoms with Gasteiger partial charge in [-0.3, -0.25) is 9.36 Å². The summed E-state index contributed by atoms with van der Waals surface area (Å²) < 4.78 is 6.03. The van der Waals surface area contributed by atoms with Crippen LogP contribution in [-0.4, -0.2) is 32.4 Å². The summed E-state index contributed by atoms with van der Waals surface area (Å²) in [5.74, 6) is -1.22. The largest absolute Gasteiger partial charge is 0.494 e. The maximum Gasteiger partial charge on any atom is 0.453 e. The zero-order valence-electron chi connectivity index (χ0n) is 13.7. The molecule has 0 atom stereocenters. The van der Waals surface area contributed by atoms with Crippen LogP contribution in [-0.2, 0) is 4.74 Å². The molecule has 0 bridgehead atoms. The molecule has 0 saturated carbocycles. The van der Waals surface area contributed by atoms with Gasteiger partial charge in [-0.15, -0.1) is 0 Å². The number of halogens is 1. The van der Waals surface area contributed by atoms with Gasteiger partial charge in [-0.25, -0.2) is 4.79 Å². The van der Waals surface area contributed by atoms with E-state index >= 15 is 0 Å². The molecule has 132 valence electrons. The number of aromatic hydroxyl groups is 2. The second-order valence-corrected chi connectivity index (χ2v) is 6.44. The number of hydrogen-bond donors (Lipinski definition) is 2. The third-order valence-electron chi connectivity index (χ3n) is 2.90. The molecule has 0 aliphatic heterocycles. The Morgan fingerprint density at radius 2 is 1.68 bits per heavy atom. The van der Waals surface area contributed by atoms with E-state index in [-0.39, 0.29) is 22.3 Å². The highest BCUT2D eigenvalue weighted by molar-refractivity contribution is 6.34. The van der Waals surface area contributed by atoms with Crippen LogP contribution in [0.3, 0.4) is 0 Å². The van der Waals surface area contributed by atoms with Crippen molar-refractivity contribution in [2.75, 3.05) is 0 Å². The highest BCUT2D eigenvalue weighted by atomic mass is 35.5. The lowest BCUT2D eigenvalue weighted by Crippen LogP contribution is -2.21. The number of amides is 2. The van der Waals surface area contributed by atoms with E-state index in [1.807, 2.05) is 0 Å². The van der Waals surface area contributed by atoms with Crippen molar-refractivity contribution in [1.29, 1.82) is 0 Å². The molecule has 2 amide bonds. The van der Waals surface area contributed by atoms with Crippen LogP contribution in [0.25, 0.3) is 5.69 Å². The highest BCUT2D eigenvalue weighted by Gasteiger charge is 2.17. The van der Waals surface area contributed by atoms with Crippen LogP contribution in [0.15, 0.2) is 40.6 Å². The minimum absolute atomic E-state index is 0.00358. The van der Waals surface area contributed by atoms with E-state index in [2.05, 4.69) is 10.2 Å². The van der Waals surface area contributed by atoms with E-state index in [1.165, 1.54) is 30.3 Å². The first-order valence-corrected chi connectivity index (χ1v) is 7.55. The first kappa shape index (κ1) is 18.5. The van der Waals surface area contributed by atoms with Gasteiger partial charge in [0.15, 0.2) is 11.8 Å². The monoisotopic (exact) mass is 365 g/mol. The molecule has 0 fully saturated rings. The molecular weight excluding hydrogens is 350 g/mol. The summed E-state index contributed by atoms with van der Waals surface area (Å²) in [6.45, 7) is 4.97. The average molecular weight is 366 g/mol. The number of ether oxygens (including phenoxy) is 1. The molecule has 0 spiro atoms. The molecule has 0 aliphatic carbocycles. The zero-order chi connectivity index (χ0) is 18.8. The Kier molecular flexibility index (Phi) is 5.13. The summed E-state index contributed by atoms with van der Waals surface area (Å²) in [6, 6.07) is 6.75. The molecule has 0 radical (unpaired) electrons. The first-order valence-electron chi connectivity index (χ1n) is 7.17. The minimum Gasteiger partial charge on any atom is -0.494 e. The van der Waals surface area contributed by atoms with E-state index < -0.39 is 17.6 Å². The number of rotatable bonds is 2. The van der Waals surface area contributed by atoms with Crippen LogP contribution in [0.2, 0.25) is 5.02 Å². The van der Waals surface area contributed by atoms with Crippen molar-refractivity contribution in [2.24, 2.45) is 10.2 Å². The Labute approximate surface area is 148 Å². The maximum absolute atomic E-state index is 12.0. The third kappa shape index (κ3) is 4.57. The smallest absolute Gasteiger partial charge is 0.453 e. The Balaban J connectivity index is 2.21. The molecule has 2 aromatic rings. The van der Waals surface area contributed by atoms with E-state index in [1.54, 1.807) is 20.8 Å². The van der Waals surface area contributed by atoms with Gasteiger partial charge < -0.3 is 14.9 Å². The lowest BCUT2D eigenvalue weighted by Gasteiger charge is -2.16. The predicted octanol–water partition coefficient (Wildman–Crippen LogP) is 4.07. The summed E-state index contributed by atoms with van der Waals surface area (Å²) in [5, 5.41) is 25.9. The number of nitrogens with zero attached hydrogens (tertiary/aromatic N) is 3. The van der Waals surface area contributed by atoms with Gasteiger partial charge in [-0.05, 0) is 39.0 Å². The van der Waals surface area contributed by atoms with E-state index in [0.717, 1.165) is 4.57 Å². The predicted molar refractivity (Wildman–Crippen MR) is 89.5 cm³/mol.